The molecule has 2 heterocycles. The van der Waals surface area contributed by atoms with Crippen LogP contribution in [0.1, 0.15) is 29.5 Å². The molecule has 3 aromatic rings. The zero-order valence-corrected chi connectivity index (χ0v) is 17.4. The lowest BCUT2D eigenvalue weighted by Gasteiger charge is -2.28. The molecule has 0 aliphatic carbocycles. The van der Waals surface area contributed by atoms with E-state index in [0.29, 0.717) is 16.7 Å². The molecule has 1 N–H and O–H groups in total. The van der Waals surface area contributed by atoms with Crippen LogP contribution in [0.2, 0.25) is 5.02 Å². The fourth-order valence-electron chi connectivity index (χ4n) is 3.59. The van der Waals surface area contributed by atoms with Gasteiger partial charge in [0.1, 0.15) is 5.48 Å². The number of aromatic amines is 1. The number of H-pyrrole nitrogens is 1. The second-order valence-electron chi connectivity index (χ2n) is 7.46. The Kier molecular flexibility index (Phi) is 5.24. The monoisotopic (exact) mass is 406 g/mol. The number of anilines is 2. The van der Waals surface area contributed by atoms with Gasteiger partial charge in [-0.1, -0.05) is 30.3 Å². The summed E-state index contributed by atoms with van der Waals surface area (Å²) in [5, 5.41) is 1.11. The summed E-state index contributed by atoms with van der Waals surface area (Å²) in [5.41, 5.74) is 5.50. The predicted molar refractivity (Wildman–Crippen MR) is 118 cm³/mol. The van der Waals surface area contributed by atoms with Gasteiger partial charge >= 0.3 is 0 Å². The molecule has 0 radical (unpaired) electrons. The van der Waals surface area contributed by atoms with Crippen LogP contribution in [0.15, 0.2) is 46.2 Å². The minimum atomic E-state index is -0.255. The molecule has 148 valence electrons. The summed E-state index contributed by atoms with van der Waals surface area (Å²) < 4.78 is 0. The predicted octanol–water partition coefficient (Wildman–Crippen LogP) is 3.88. The van der Waals surface area contributed by atoms with Crippen LogP contribution in [0.25, 0.3) is 6.58 Å². The van der Waals surface area contributed by atoms with Gasteiger partial charge in [0.25, 0.3) is 5.56 Å². The fourth-order valence-corrected chi connectivity index (χ4v) is 3.72. The van der Waals surface area contributed by atoms with Crippen molar-refractivity contribution in [3.05, 3.63) is 79.3 Å². The number of aromatic nitrogens is 2. The van der Waals surface area contributed by atoms with E-state index >= 15 is 0 Å². The van der Waals surface area contributed by atoms with E-state index in [1.807, 2.05) is 18.2 Å². The van der Waals surface area contributed by atoms with Gasteiger partial charge in [-0.2, -0.15) is 0 Å². The topological polar surface area (TPSA) is 61.4 Å². The van der Waals surface area contributed by atoms with Crippen LogP contribution in [0.5, 0.6) is 0 Å². The SMILES string of the molecule is C=c1nc2c(c(=O)[nH]1)=Nc1cc(C)c(C)cc1N2CCCCc1ccc(Cl)cc1. The van der Waals surface area contributed by atoms with Gasteiger partial charge in [0.05, 0.1) is 11.4 Å². The number of hydrogen-bond acceptors (Lipinski definition) is 4. The van der Waals surface area contributed by atoms with Gasteiger partial charge in [-0.05, 0) is 74.1 Å². The Morgan fingerprint density at radius 3 is 2.59 bits per heavy atom. The van der Waals surface area contributed by atoms with Gasteiger partial charge in [-0.3, -0.25) is 4.79 Å². The maximum Gasteiger partial charge on any atom is 0.279 e. The first-order valence-electron chi connectivity index (χ1n) is 9.73. The third-order valence-electron chi connectivity index (χ3n) is 5.31. The molecule has 0 unspecified atom stereocenters. The molecule has 0 spiro atoms. The summed E-state index contributed by atoms with van der Waals surface area (Å²) in [4.78, 5) is 26.3. The van der Waals surface area contributed by atoms with Gasteiger partial charge in [-0.15, -0.1) is 0 Å². The van der Waals surface area contributed by atoms with Crippen LogP contribution in [0, 0.1) is 13.8 Å². The first kappa shape index (κ1) is 19.4. The molecule has 6 heteroatoms. The van der Waals surface area contributed by atoms with Gasteiger partial charge < -0.3 is 9.88 Å². The van der Waals surface area contributed by atoms with Crippen molar-refractivity contribution in [2.75, 3.05) is 11.4 Å². The summed E-state index contributed by atoms with van der Waals surface area (Å²) in [6, 6.07) is 12.1. The van der Waals surface area contributed by atoms with Gasteiger partial charge in [-0.25, -0.2) is 9.98 Å². The first-order valence-corrected chi connectivity index (χ1v) is 10.1. The minimum Gasteiger partial charge on any atom is -0.322 e. The number of hydrogen-bond donors (Lipinski definition) is 1. The molecule has 0 fully saturated rings. The smallest absolute Gasteiger partial charge is 0.279 e. The highest BCUT2D eigenvalue weighted by molar-refractivity contribution is 6.30. The van der Waals surface area contributed by atoms with Gasteiger partial charge in [0.15, 0.2) is 11.2 Å². The van der Waals surface area contributed by atoms with Crippen molar-refractivity contribution in [2.24, 2.45) is 4.99 Å². The molecule has 29 heavy (non-hydrogen) atoms. The summed E-state index contributed by atoms with van der Waals surface area (Å²) >= 11 is 5.96. The second kappa shape index (κ2) is 7.84. The maximum absolute atomic E-state index is 12.5. The average molecular weight is 407 g/mol. The van der Waals surface area contributed by atoms with E-state index in [9.17, 15) is 4.79 Å². The van der Waals surface area contributed by atoms with Gasteiger partial charge in [0, 0.05) is 11.6 Å². The molecule has 1 aliphatic rings. The lowest BCUT2D eigenvalue weighted by Crippen LogP contribution is -2.42. The quantitative estimate of drug-likeness (QED) is 0.654. The summed E-state index contributed by atoms with van der Waals surface area (Å²) in [6.45, 7) is 8.70. The van der Waals surface area contributed by atoms with Crippen molar-refractivity contribution in [3.63, 3.8) is 0 Å². The summed E-state index contributed by atoms with van der Waals surface area (Å²) in [5.74, 6) is 0.584. The van der Waals surface area contributed by atoms with E-state index in [0.717, 1.165) is 47.8 Å². The molecule has 0 saturated heterocycles. The van der Waals surface area contributed by atoms with Crippen molar-refractivity contribution in [2.45, 2.75) is 33.1 Å². The van der Waals surface area contributed by atoms with Crippen molar-refractivity contribution >= 4 is 35.4 Å². The number of unbranched alkanes of at least 4 members (excludes halogenated alkanes) is 1. The van der Waals surface area contributed by atoms with Crippen LogP contribution in [0.4, 0.5) is 17.2 Å². The van der Waals surface area contributed by atoms with Gasteiger partial charge in [0.2, 0.25) is 0 Å². The highest BCUT2D eigenvalue weighted by Crippen LogP contribution is 2.36. The molecule has 1 aromatic heterocycles. The van der Waals surface area contributed by atoms with E-state index in [4.69, 9.17) is 11.6 Å². The number of fused-ring (bicyclic) bond motifs is 2. The Bertz CT molecular complexity index is 1230. The number of nitrogens with zero attached hydrogens (tertiary/aromatic N) is 3. The molecule has 0 bridgehead atoms. The Morgan fingerprint density at radius 1 is 1.10 bits per heavy atom. The van der Waals surface area contributed by atoms with Crippen molar-refractivity contribution in [1.82, 2.24) is 9.97 Å². The molecule has 4 rings (SSSR count). The lowest BCUT2D eigenvalue weighted by atomic mass is 10.0. The van der Waals surface area contributed by atoms with Crippen molar-refractivity contribution in [1.29, 1.82) is 0 Å². The van der Waals surface area contributed by atoms with Crippen LogP contribution in [0.3, 0.4) is 0 Å². The molecule has 0 saturated carbocycles. The average Bonchev–Trinajstić information content (AvgIpc) is 2.68. The maximum atomic E-state index is 12.5. The summed E-state index contributed by atoms with van der Waals surface area (Å²) in [7, 11) is 0. The lowest BCUT2D eigenvalue weighted by molar-refractivity contribution is 0.721. The number of rotatable bonds is 5. The van der Waals surface area contributed by atoms with Crippen LogP contribution < -0.4 is 21.3 Å². The highest BCUT2D eigenvalue weighted by atomic mass is 35.5. The Hall–Kier alpha value is -2.92. The van der Waals surface area contributed by atoms with E-state index in [1.165, 1.54) is 11.1 Å². The van der Waals surface area contributed by atoms with E-state index in [2.05, 4.69) is 58.5 Å². The molecule has 1 aliphatic heterocycles. The Balaban J connectivity index is 1.63. The molecule has 0 atom stereocenters. The van der Waals surface area contributed by atoms with Crippen molar-refractivity contribution < 1.29 is 0 Å². The zero-order chi connectivity index (χ0) is 20.5. The Morgan fingerprint density at radius 2 is 1.83 bits per heavy atom. The highest BCUT2D eigenvalue weighted by Gasteiger charge is 2.23. The molecule has 5 nitrogen and oxygen atoms in total. The molecular weight excluding hydrogens is 384 g/mol. The van der Waals surface area contributed by atoms with E-state index < -0.39 is 0 Å². The number of halogens is 1. The molecule has 0 amide bonds. The van der Waals surface area contributed by atoms with Crippen LogP contribution in [-0.4, -0.2) is 16.5 Å². The number of nitrogens with one attached hydrogen (secondary N) is 1. The van der Waals surface area contributed by atoms with E-state index in [1.54, 1.807) is 0 Å². The van der Waals surface area contributed by atoms with Crippen molar-refractivity contribution in [3.8, 4) is 0 Å². The molecular formula is C23H23ClN4O. The summed E-state index contributed by atoms with van der Waals surface area (Å²) in [6.07, 6.45) is 2.95. The fraction of sp³-hybridized carbons (Fsp3) is 0.261. The third-order valence-corrected chi connectivity index (χ3v) is 5.56. The number of aryl methyl sites for hydroxylation is 3. The number of benzene rings is 2. The van der Waals surface area contributed by atoms with E-state index in [-0.39, 0.29) is 5.56 Å². The third kappa shape index (κ3) is 3.96. The normalized spacial score (nSPS) is 12.3. The van der Waals surface area contributed by atoms with Crippen LogP contribution >= 0.6 is 11.6 Å². The standard InChI is InChI=1S/C23H23ClN4O/c1-14-12-19-20(13-15(14)2)28(22-21(27-19)23(29)26-16(3)25-22)11-5-4-6-17-7-9-18(24)10-8-17/h7-10,12-13H,3-6,11H2,1-2H3,(H,26,29). The first-order chi connectivity index (χ1) is 13.9. The van der Waals surface area contributed by atoms with Crippen LogP contribution in [-0.2, 0) is 6.42 Å². The zero-order valence-electron chi connectivity index (χ0n) is 16.6. The minimum absolute atomic E-state index is 0.255. The second-order valence-corrected chi connectivity index (χ2v) is 7.89. The molecule has 2 aromatic carbocycles. The Labute approximate surface area is 174 Å². The largest absolute Gasteiger partial charge is 0.322 e.